The lowest BCUT2D eigenvalue weighted by atomic mass is 9.77. The zero-order valence-electron chi connectivity index (χ0n) is 35.7. The molecule has 326 valence electrons. The van der Waals surface area contributed by atoms with Gasteiger partial charge in [0.2, 0.25) is 0 Å². The monoisotopic (exact) mass is 895 g/mol. The molecule has 2 aliphatic heterocycles. The molecule has 2 heterocycles. The Balaban J connectivity index is 0.000000832. The molecular weight excluding hydrogens is 835 g/mol. The van der Waals surface area contributed by atoms with E-state index < -0.39 is 53.0 Å². The number of carbonyl (C=O) groups excluding carboxylic acids is 1. The minimum Gasteiger partial charge on any atom is -0.481 e. The first kappa shape index (κ1) is 49.8. The van der Waals surface area contributed by atoms with Gasteiger partial charge in [0.25, 0.3) is 5.85 Å². The third kappa shape index (κ3) is 12.1. The van der Waals surface area contributed by atoms with Crippen molar-refractivity contribution in [2.24, 2.45) is 22.4 Å². The fourth-order valence-corrected chi connectivity index (χ4v) is 8.00. The third-order valence-electron chi connectivity index (χ3n) is 9.68. The SMILES string of the molecule is CC.CC(C)(C)P(=O)(Cl)Cl.CCNc1ccc2c(c1)Oc1cc(OP(=O)(N[C@@H](C)C(=O)C[C@@H](CCCN=C(N)N)C(=O)O)C(C)(C)C)ccc1C21OCc2ccccc21. The molecule has 0 aromatic heterocycles. The highest BCUT2D eigenvalue weighted by atomic mass is 35.9. The Labute approximate surface area is 358 Å². The molecule has 0 aliphatic carbocycles. The van der Waals surface area contributed by atoms with Crippen molar-refractivity contribution in [1.82, 2.24) is 5.09 Å². The van der Waals surface area contributed by atoms with Crippen LogP contribution in [-0.4, -0.2) is 52.3 Å². The van der Waals surface area contributed by atoms with Crippen LogP contribution in [0.1, 0.15) is 111 Å². The molecule has 59 heavy (non-hydrogen) atoms. The summed E-state index contributed by atoms with van der Waals surface area (Å²) in [6, 6.07) is 18.4. The number of rotatable bonds is 14. The number of carbonyl (C=O) groups is 2. The van der Waals surface area contributed by atoms with Crippen molar-refractivity contribution < 1.29 is 37.8 Å². The summed E-state index contributed by atoms with van der Waals surface area (Å²) in [4.78, 5) is 29.1. The number of guanidine groups is 1. The minimum atomic E-state index is -3.81. The molecule has 3 aromatic carbocycles. The van der Waals surface area contributed by atoms with E-state index in [1.165, 1.54) is 0 Å². The van der Waals surface area contributed by atoms with Gasteiger partial charge in [0.1, 0.15) is 17.2 Å². The number of ether oxygens (including phenoxy) is 2. The molecule has 0 radical (unpaired) electrons. The van der Waals surface area contributed by atoms with Crippen LogP contribution in [0, 0.1) is 5.92 Å². The number of nitrogens with one attached hydrogen (secondary N) is 2. The molecular formula is C42H61Cl2N5O8P2. The maximum absolute atomic E-state index is 14.6. The highest BCUT2D eigenvalue weighted by molar-refractivity contribution is 8.09. The van der Waals surface area contributed by atoms with Crippen molar-refractivity contribution in [3.05, 3.63) is 82.9 Å². The first-order valence-electron chi connectivity index (χ1n) is 19.7. The van der Waals surface area contributed by atoms with E-state index in [1.807, 2.05) is 57.2 Å². The molecule has 2 aliphatic rings. The second-order valence-corrected chi connectivity index (χ2v) is 24.6. The maximum atomic E-state index is 14.6. The second-order valence-electron chi connectivity index (χ2n) is 16.1. The van der Waals surface area contributed by atoms with Gasteiger partial charge in [-0.3, -0.25) is 23.7 Å². The molecule has 7 N–H and O–H groups in total. The van der Waals surface area contributed by atoms with Crippen LogP contribution in [0.4, 0.5) is 5.69 Å². The normalized spacial score (nSPS) is 17.4. The predicted octanol–water partition coefficient (Wildman–Crippen LogP) is 10.6. The Kier molecular flexibility index (Phi) is 17.2. The van der Waals surface area contributed by atoms with Gasteiger partial charge in [-0.05, 0) is 105 Å². The van der Waals surface area contributed by atoms with Crippen molar-refractivity contribution in [3.8, 4) is 17.2 Å². The Morgan fingerprint density at radius 1 is 0.949 bits per heavy atom. The van der Waals surface area contributed by atoms with Gasteiger partial charge in [-0.15, -0.1) is 0 Å². The average Bonchev–Trinajstić information content (AvgIpc) is 3.52. The summed E-state index contributed by atoms with van der Waals surface area (Å²) >= 11 is 10.7. The number of aliphatic carboxylic acids is 1. The summed E-state index contributed by atoms with van der Waals surface area (Å²) in [7, 11) is -3.81. The van der Waals surface area contributed by atoms with Crippen LogP contribution in [0.2, 0.25) is 0 Å². The van der Waals surface area contributed by atoms with Crippen LogP contribution in [0.15, 0.2) is 65.7 Å². The third-order valence-corrected chi connectivity index (χ3v) is 17.2. The van der Waals surface area contributed by atoms with Gasteiger partial charge in [-0.1, -0.05) is 58.9 Å². The molecule has 0 saturated carbocycles. The number of nitrogens with two attached hydrogens (primary N) is 2. The number of fused-ring (bicyclic) bond motifs is 6. The summed E-state index contributed by atoms with van der Waals surface area (Å²) in [5.41, 5.74) is 14.4. The van der Waals surface area contributed by atoms with Crippen LogP contribution in [-0.2, 0) is 35.7 Å². The van der Waals surface area contributed by atoms with E-state index >= 15 is 0 Å². The van der Waals surface area contributed by atoms with Crippen LogP contribution < -0.4 is 31.1 Å². The first-order valence-corrected chi connectivity index (χ1v) is 24.9. The fourth-order valence-electron chi connectivity index (χ4n) is 6.22. The number of ketones is 1. The Morgan fingerprint density at radius 3 is 2.10 bits per heavy atom. The summed E-state index contributed by atoms with van der Waals surface area (Å²) < 4.78 is 44.8. The molecule has 0 fully saturated rings. The van der Waals surface area contributed by atoms with Crippen molar-refractivity contribution in [1.29, 1.82) is 0 Å². The minimum absolute atomic E-state index is 0.0795. The molecule has 13 nitrogen and oxygen atoms in total. The smallest absolute Gasteiger partial charge is 0.322 e. The van der Waals surface area contributed by atoms with Gasteiger partial charge in [-0.25, -0.2) is 5.09 Å². The molecule has 3 aromatic rings. The second kappa shape index (κ2) is 20.3. The Bertz CT molecular complexity index is 2080. The van der Waals surface area contributed by atoms with Gasteiger partial charge >= 0.3 is 13.5 Å². The Hall–Kier alpha value is -3.57. The van der Waals surface area contributed by atoms with Crippen molar-refractivity contribution in [2.45, 2.75) is 117 Å². The molecule has 2 unspecified atom stereocenters. The van der Waals surface area contributed by atoms with Crippen molar-refractivity contribution in [3.63, 3.8) is 0 Å². The lowest BCUT2D eigenvalue weighted by molar-refractivity contribution is -0.144. The fraction of sp³-hybridized carbons (Fsp3) is 0.500. The van der Waals surface area contributed by atoms with Crippen LogP contribution in [0.3, 0.4) is 0 Å². The molecule has 0 amide bonds. The van der Waals surface area contributed by atoms with Gasteiger partial charge in [0.15, 0.2) is 17.3 Å². The van der Waals surface area contributed by atoms with E-state index in [1.54, 1.807) is 60.6 Å². The quantitative estimate of drug-likeness (QED) is 0.0444. The van der Waals surface area contributed by atoms with Gasteiger partial charge < -0.3 is 35.9 Å². The largest absolute Gasteiger partial charge is 0.481 e. The van der Waals surface area contributed by atoms with E-state index in [9.17, 15) is 23.8 Å². The number of Topliss-reactive ketones (excluding diaryl/α,β-unsaturated/α-hetero) is 1. The lowest BCUT2D eigenvalue weighted by Gasteiger charge is -2.38. The summed E-state index contributed by atoms with van der Waals surface area (Å²) in [6.45, 7) is 19.5. The Morgan fingerprint density at radius 2 is 1.54 bits per heavy atom. The zero-order chi connectivity index (χ0) is 44.6. The van der Waals surface area contributed by atoms with Gasteiger partial charge in [0, 0.05) is 53.6 Å². The van der Waals surface area contributed by atoms with Crippen LogP contribution >= 0.6 is 35.8 Å². The van der Waals surface area contributed by atoms with Gasteiger partial charge in [-0.2, -0.15) is 0 Å². The summed E-state index contributed by atoms with van der Waals surface area (Å²) in [6.07, 6.45) is 0.356. The summed E-state index contributed by atoms with van der Waals surface area (Å²) in [5.74, 6) is -4.03. The van der Waals surface area contributed by atoms with Crippen LogP contribution in [0.5, 0.6) is 17.2 Å². The topological polar surface area (TPSA) is 205 Å². The molecule has 5 rings (SSSR count). The molecule has 17 heteroatoms. The lowest BCUT2D eigenvalue weighted by Crippen LogP contribution is -2.39. The van der Waals surface area contributed by atoms with Crippen molar-refractivity contribution in [2.75, 3.05) is 18.4 Å². The van der Waals surface area contributed by atoms with Crippen molar-refractivity contribution >= 4 is 59.2 Å². The number of hydrogen-bond donors (Lipinski definition) is 5. The number of carboxylic acid groups (broad SMARTS) is 1. The number of aliphatic imine (C=N–C) groups is 1. The van der Waals surface area contributed by atoms with E-state index in [2.05, 4.69) is 27.5 Å². The highest BCUT2D eigenvalue weighted by Gasteiger charge is 2.50. The molecule has 4 atom stereocenters. The molecule has 0 saturated heterocycles. The van der Waals surface area contributed by atoms with E-state index in [0.717, 1.165) is 34.5 Å². The predicted molar refractivity (Wildman–Crippen MR) is 240 cm³/mol. The number of benzene rings is 3. The standard InChI is InChI=1S/C36H46N5O7P.C4H9Cl2OP.C2H6/c1-6-39-25-13-15-28-31(19-25)47-32-20-26(14-16-29(32)36(28)27-12-8-7-10-24(27)21-46-36)48-49(45,35(3,4)5)41-22(2)30(42)18-23(33(43)44)11-9-17-40-34(37)38;1-4(2,3)8(5,6)7;1-2/h7-8,10,12-16,19-20,22-23,39H,6,9,11,17-18,21H2,1-5H3,(H,41,45)(H,43,44)(H4,37,38,40);1-3H3;1-2H3/t22-,23+,36?,49?;;/m0../s1. The van der Waals surface area contributed by atoms with E-state index in [-0.39, 0.29) is 31.1 Å². The van der Waals surface area contributed by atoms with Crippen LogP contribution in [0.25, 0.3) is 0 Å². The van der Waals surface area contributed by atoms with Gasteiger partial charge in [0.05, 0.1) is 23.7 Å². The maximum Gasteiger partial charge on any atom is 0.322 e. The van der Waals surface area contributed by atoms with E-state index in [0.29, 0.717) is 24.5 Å². The average molecular weight is 897 g/mol. The first-order chi connectivity index (χ1) is 27.4. The summed E-state index contributed by atoms with van der Waals surface area (Å²) in [5, 5.41) is 14.6. The number of halogens is 2. The number of hydrogen-bond acceptors (Lipinski definition) is 9. The van der Waals surface area contributed by atoms with E-state index in [4.69, 9.17) is 47.9 Å². The zero-order valence-corrected chi connectivity index (χ0v) is 39.0. The number of anilines is 1. The number of carboxylic acids is 1. The number of nitrogens with zero attached hydrogens (tertiary/aromatic N) is 1. The molecule has 1 spiro atoms. The highest BCUT2D eigenvalue weighted by Crippen LogP contribution is 2.66. The molecule has 0 bridgehead atoms.